The van der Waals surface area contributed by atoms with Crippen molar-refractivity contribution in [1.29, 1.82) is 0 Å². The SMILES string of the molecule is CCCC(CNC)N(CC)CCCN(CC)CC. The van der Waals surface area contributed by atoms with Crippen molar-refractivity contribution in [3.63, 3.8) is 0 Å². The lowest BCUT2D eigenvalue weighted by atomic mass is 10.1. The zero-order chi connectivity index (χ0) is 13.8. The van der Waals surface area contributed by atoms with Gasteiger partial charge in [0.25, 0.3) is 0 Å². The largest absolute Gasteiger partial charge is 0.318 e. The second-order valence-electron chi connectivity index (χ2n) is 5.01. The van der Waals surface area contributed by atoms with Crippen LogP contribution in [0, 0.1) is 0 Å². The molecule has 1 atom stereocenters. The van der Waals surface area contributed by atoms with Crippen molar-refractivity contribution in [3.05, 3.63) is 0 Å². The van der Waals surface area contributed by atoms with Crippen LogP contribution in [0.15, 0.2) is 0 Å². The van der Waals surface area contributed by atoms with Crippen LogP contribution in [0.4, 0.5) is 0 Å². The molecule has 0 bridgehead atoms. The Morgan fingerprint density at radius 3 is 2.06 bits per heavy atom. The van der Waals surface area contributed by atoms with Gasteiger partial charge in [-0.3, -0.25) is 4.90 Å². The average molecular weight is 257 g/mol. The second kappa shape index (κ2) is 11.9. The van der Waals surface area contributed by atoms with Crippen molar-refractivity contribution in [1.82, 2.24) is 15.1 Å². The lowest BCUT2D eigenvalue weighted by Gasteiger charge is -2.31. The van der Waals surface area contributed by atoms with Crippen LogP contribution in [-0.2, 0) is 0 Å². The molecule has 0 saturated heterocycles. The first kappa shape index (κ1) is 17.9. The maximum atomic E-state index is 3.34. The number of rotatable bonds is 12. The molecule has 0 aliphatic carbocycles. The molecule has 0 spiro atoms. The first-order chi connectivity index (χ1) is 8.73. The highest BCUT2D eigenvalue weighted by Gasteiger charge is 2.15. The van der Waals surface area contributed by atoms with Crippen LogP contribution in [0.3, 0.4) is 0 Å². The Hall–Kier alpha value is -0.120. The topological polar surface area (TPSA) is 18.5 Å². The number of nitrogens with one attached hydrogen (secondary N) is 1. The fraction of sp³-hybridized carbons (Fsp3) is 1.00. The van der Waals surface area contributed by atoms with E-state index in [4.69, 9.17) is 0 Å². The quantitative estimate of drug-likeness (QED) is 0.579. The molecule has 0 saturated carbocycles. The van der Waals surface area contributed by atoms with E-state index in [9.17, 15) is 0 Å². The predicted molar refractivity (Wildman–Crippen MR) is 82.3 cm³/mol. The van der Waals surface area contributed by atoms with Crippen LogP contribution in [0.2, 0.25) is 0 Å². The molecule has 18 heavy (non-hydrogen) atoms. The highest BCUT2D eigenvalue weighted by atomic mass is 15.2. The van der Waals surface area contributed by atoms with Crippen LogP contribution >= 0.6 is 0 Å². The molecule has 3 nitrogen and oxygen atoms in total. The van der Waals surface area contributed by atoms with Gasteiger partial charge in [-0.15, -0.1) is 0 Å². The van der Waals surface area contributed by atoms with Gasteiger partial charge in [-0.2, -0.15) is 0 Å². The first-order valence-electron chi connectivity index (χ1n) is 7.84. The Bertz CT molecular complexity index is 163. The fourth-order valence-electron chi connectivity index (χ4n) is 2.62. The summed E-state index contributed by atoms with van der Waals surface area (Å²) in [4.78, 5) is 5.16. The van der Waals surface area contributed by atoms with Crippen molar-refractivity contribution in [3.8, 4) is 0 Å². The summed E-state index contributed by atoms with van der Waals surface area (Å²) in [6.45, 7) is 16.2. The van der Waals surface area contributed by atoms with E-state index in [2.05, 4.69) is 49.9 Å². The molecule has 3 heteroatoms. The van der Waals surface area contributed by atoms with E-state index in [1.165, 1.54) is 52.0 Å². The number of likely N-dealkylation sites (N-methyl/N-ethyl adjacent to an activating group) is 2. The molecule has 0 aliphatic rings. The maximum absolute atomic E-state index is 3.34. The molecular formula is C15H35N3. The summed E-state index contributed by atoms with van der Waals surface area (Å²) in [5.74, 6) is 0. The zero-order valence-electron chi connectivity index (χ0n) is 13.3. The monoisotopic (exact) mass is 257 g/mol. The maximum Gasteiger partial charge on any atom is 0.0220 e. The van der Waals surface area contributed by atoms with Crippen LogP contribution in [0.5, 0.6) is 0 Å². The van der Waals surface area contributed by atoms with Gasteiger partial charge in [0.05, 0.1) is 0 Å². The van der Waals surface area contributed by atoms with Crippen molar-refractivity contribution in [2.75, 3.05) is 46.3 Å². The van der Waals surface area contributed by atoms with E-state index in [1.807, 2.05) is 0 Å². The molecule has 1 unspecified atom stereocenters. The van der Waals surface area contributed by atoms with Gasteiger partial charge in [0, 0.05) is 12.6 Å². The Balaban J connectivity index is 4.05. The Kier molecular flexibility index (Phi) is 11.9. The van der Waals surface area contributed by atoms with E-state index in [-0.39, 0.29) is 0 Å². The standard InChI is InChI=1S/C15H35N3/c1-6-11-15(14-16-5)18(9-4)13-10-12-17(7-2)8-3/h15-16H,6-14H2,1-5H3. The predicted octanol–water partition coefficient (Wildman–Crippen LogP) is 2.43. The van der Waals surface area contributed by atoms with Crippen LogP contribution in [0.1, 0.15) is 47.0 Å². The summed E-state index contributed by atoms with van der Waals surface area (Å²) in [6, 6.07) is 0.710. The van der Waals surface area contributed by atoms with Gasteiger partial charge < -0.3 is 10.2 Å². The number of nitrogens with zero attached hydrogens (tertiary/aromatic N) is 2. The summed E-state index contributed by atoms with van der Waals surface area (Å²) < 4.78 is 0. The van der Waals surface area contributed by atoms with Crippen LogP contribution < -0.4 is 5.32 Å². The minimum absolute atomic E-state index is 0.710. The van der Waals surface area contributed by atoms with Gasteiger partial charge >= 0.3 is 0 Å². The van der Waals surface area contributed by atoms with Gasteiger partial charge in [0.2, 0.25) is 0 Å². The van der Waals surface area contributed by atoms with Gasteiger partial charge in [-0.05, 0) is 52.6 Å². The van der Waals surface area contributed by atoms with E-state index in [0.717, 1.165) is 6.54 Å². The average Bonchev–Trinajstić information content (AvgIpc) is 2.39. The molecule has 0 rings (SSSR count). The normalized spacial score (nSPS) is 13.5. The number of hydrogen-bond acceptors (Lipinski definition) is 3. The molecule has 0 amide bonds. The summed E-state index contributed by atoms with van der Waals surface area (Å²) in [7, 11) is 2.06. The van der Waals surface area contributed by atoms with Gasteiger partial charge in [-0.1, -0.05) is 34.1 Å². The summed E-state index contributed by atoms with van der Waals surface area (Å²) in [6.07, 6.45) is 3.87. The molecule has 0 aromatic rings. The molecule has 0 aromatic heterocycles. The van der Waals surface area contributed by atoms with E-state index >= 15 is 0 Å². The molecular weight excluding hydrogens is 222 g/mol. The Morgan fingerprint density at radius 1 is 0.944 bits per heavy atom. The lowest BCUT2D eigenvalue weighted by Crippen LogP contribution is -2.42. The van der Waals surface area contributed by atoms with Crippen molar-refractivity contribution >= 4 is 0 Å². The molecule has 0 aromatic carbocycles. The van der Waals surface area contributed by atoms with Crippen LogP contribution in [0.25, 0.3) is 0 Å². The molecule has 0 fully saturated rings. The first-order valence-corrected chi connectivity index (χ1v) is 7.84. The smallest absolute Gasteiger partial charge is 0.0220 e. The number of hydrogen-bond donors (Lipinski definition) is 1. The van der Waals surface area contributed by atoms with Gasteiger partial charge in [0.15, 0.2) is 0 Å². The van der Waals surface area contributed by atoms with E-state index in [0.29, 0.717) is 6.04 Å². The van der Waals surface area contributed by atoms with E-state index in [1.54, 1.807) is 0 Å². The van der Waals surface area contributed by atoms with Crippen molar-refractivity contribution < 1.29 is 0 Å². The minimum atomic E-state index is 0.710. The Labute approximate surface area is 115 Å². The van der Waals surface area contributed by atoms with Crippen molar-refractivity contribution in [2.45, 2.75) is 53.0 Å². The summed E-state index contributed by atoms with van der Waals surface area (Å²) in [5.41, 5.74) is 0. The van der Waals surface area contributed by atoms with Crippen LogP contribution in [-0.4, -0.2) is 62.2 Å². The highest BCUT2D eigenvalue weighted by Crippen LogP contribution is 2.07. The molecule has 0 aliphatic heterocycles. The third kappa shape index (κ3) is 7.34. The lowest BCUT2D eigenvalue weighted by molar-refractivity contribution is 0.178. The molecule has 110 valence electrons. The second-order valence-corrected chi connectivity index (χ2v) is 5.01. The fourth-order valence-corrected chi connectivity index (χ4v) is 2.62. The van der Waals surface area contributed by atoms with E-state index < -0.39 is 0 Å². The summed E-state index contributed by atoms with van der Waals surface area (Å²) >= 11 is 0. The molecule has 0 heterocycles. The Morgan fingerprint density at radius 2 is 1.61 bits per heavy atom. The third-order valence-electron chi connectivity index (χ3n) is 3.80. The highest BCUT2D eigenvalue weighted by molar-refractivity contribution is 4.73. The molecule has 1 N–H and O–H groups in total. The third-order valence-corrected chi connectivity index (χ3v) is 3.80. The van der Waals surface area contributed by atoms with Gasteiger partial charge in [0.1, 0.15) is 0 Å². The zero-order valence-corrected chi connectivity index (χ0v) is 13.3. The van der Waals surface area contributed by atoms with Gasteiger partial charge in [-0.25, -0.2) is 0 Å². The minimum Gasteiger partial charge on any atom is -0.318 e. The van der Waals surface area contributed by atoms with Crippen molar-refractivity contribution in [2.24, 2.45) is 0 Å². The molecule has 0 radical (unpaired) electrons. The summed E-state index contributed by atoms with van der Waals surface area (Å²) in [5, 5.41) is 3.34.